The average Bonchev–Trinajstić information content (AvgIpc) is 3.09. The first-order valence-corrected chi connectivity index (χ1v) is 6.17. The molecule has 0 aliphatic carbocycles. The number of aromatic nitrogens is 3. The minimum absolute atomic E-state index is 0.575. The van der Waals surface area contributed by atoms with Gasteiger partial charge < -0.3 is 19.6 Å². The molecule has 7 nitrogen and oxygen atoms in total. The van der Waals surface area contributed by atoms with Crippen LogP contribution in [0, 0.1) is 0 Å². The van der Waals surface area contributed by atoms with Crippen molar-refractivity contribution in [3.63, 3.8) is 0 Å². The number of aryl methyl sites for hydroxylation is 1. The van der Waals surface area contributed by atoms with Gasteiger partial charge in [-0.2, -0.15) is 0 Å². The molecule has 2 rings (SSSR count). The summed E-state index contributed by atoms with van der Waals surface area (Å²) in [6.45, 7) is 4.07. The van der Waals surface area contributed by atoms with Gasteiger partial charge in [0.2, 0.25) is 0 Å². The van der Waals surface area contributed by atoms with Gasteiger partial charge >= 0.3 is 0 Å². The molecule has 19 heavy (non-hydrogen) atoms. The molecule has 0 amide bonds. The molecule has 0 aliphatic rings. The Bertz CT molecular complexity index is 516. The molecule has 2 aromatic heterocycles. The van der Waals surface area contributed by atoms with E-state index in [-0.39, 0.29) is 0 Å². The monoisotopic (exact) mass is 262 g/mol. The van der Waals surface area contributed by atoms with Gasteiger partial charge in [0.25, 0.3) is 0 Å². The van der Waals surface area contributed by atoms with Crippen molar-refractivity contribution in [3.05, 3.63) is 36.3 Å². The molecule has 0 aliphatic heterocycles. The van der Waals surface area contributed by atoms with Gasteiger partial charge in [0, 0.05) is 13.6 Å². The maximum absolute atomic E-state index is 5.24. The largest absolute Gasteiger partial charge is 0.467 e. The smallest absolute Gasteiger partial charge is 0.191 e. The van der Waals surface area contributed by atoms with Gasteiger partial charge in [-0.15, -0.1) is 10.2 Å². The number of furan rings is 1. The van der Waals surface area contributed by atoms with Crippen LogP contribution >= 0.6 is 0 Å². The summed E-state index contributed by atoms with van der Waals surface area (Å²) in [5, 5.41) is 14.3. The Hall–Kier alpha value is -2.31. The lowest BCUT2D eigenvalue weighted by Gasteiger charge is -2.10. The Kier molecular flexibility index (Phi) is 4.54. The van der Waals surface area contributed by atoms with E-state index >= 15 is 0 Å². The van der Waals surface area contributed by atoms with Crippen LogP contribution in [0.1, 0.15) is 18.5 Å². The lowest BCUT2D eigenvalue weighted by atomic mass is 10.4. The van der Waals surface area contributed by atoms with Gasteiger partial charge in [0.15, 0.2) is 11.8 Å². The highest BCUT2D eigenvalue weighted by molar-refractivity contribution is 5.79. The highest BCUT2D eigenvalue weighted by Gasteiger charge is 2.04. The molecule has 102 valence electrons. The zero-order valence-corrected chi connectivity index (χ0v) is 11.1. The highest BCUT2D eigenvalue weighted by atomic mass is 16.3. The average molecular weight is 262 g/mol. The Morgan fingerprint density at radius 2 is 2.26 bits per heavy atom. The van der Waals surface area contributed by atoms with E-state index in [1.54, 1.807) is 19.6 Å². The summed E-state index contributed by atoms with van der Waals surface area (Å²) in [5.74, 6) is 2.44. The van der Waals surface area contributed by atoms with Crippen molar-refractivity contribution in [3.8, 4) is 0 Å². The van der Waals surface area contributed by atoms with Crippen LogP contribution in [-0.4, -0.2) is 27.8 Å². The fraction of sp³-hybridized carbons (Fsp3) is 0.417. The lowest BCUT2D eigenvalue weighted by Crippen LogP contribution is -2.36. The molecule has 0 fully saturated rings. The van der Waals surface area contributed by atoms with Crippen molar-refractivity contribution in [2.45, 2.75) is 26.6 Å². The number of aliphatic imine (C=N–C) groups is 1. The van der Waals surface area contributed by atoms with Crippen molar-refractivity contribution >= 4 is 5.96 Å². The third-order valence-electron chi connectivity index (χ3n) is 2.68. The molecule has 0 radical (unpaired) electrons. The minimum atomic E-state index is 0.575. The van der Waals surface area contributed by atoms with Crippen molar-refractivity contribution < 1.29 is 4.42 Å². The summed E-state index contributed by atoms with van der Waals surface area (Å²) >= 11 is 0. The molecular weight excluding hydrogens is 244 g/mol. The van der Waals surface area contributed by atoms with Crippen LogP contribution in [0.5, 0.6) is 0 Å². The van der Waals surface area contributed by atoms with Gasteiger partial charge in [-0.1, -0.05) is 0 Å². The number of guanidine groups is 1. The quantitative estimate of drug-likeness (QED) is 0.614. The van der Waals surface area contributed by atoms with Crippen LogP contribution in [0.4, 0.5) is 0 Å². The second kappa shape index (κ2) is 6.58. The maximum atomic E-state index is 5.24. The summed E-state index contributed by atoms with van der Waals surface area (Å²) in [6, 6.07) is 3.77. The van der Waals surface area contributed by atoms with Gasteiger partial charge in [-0.3, -0.25) is 4.99 Å². The van der Waals surface area contributed by atoms with Crippen LogP contribution in [0.3, 0.4) is 0 Å². The Morgan fingerprint density at radius 3 is 2.95 bits per heavy atom. The van der Waals surface area contributed by atoms with E-state index in [0.29, 0.717) is 19.0 Å². The van der Waals surface area contributed by atoms with Gasteiger partial charge in [0.1, 0.15) is 12.1 Å². The van der Waals surface area contributed by atoms with Crippen LogP contribution < -0.4 is 10.6 Å². The Balaban J connectivity index is 1.83. The molecule has 0 saturated heterocycles. The van der Waals surface area contributed by atoms with Gasteiger partial charge in [0.05, 0.1) is 19.4 Å². The minimum Gasteiger partial charge on any atom is -0.467 e. The molecule has 0 atom stereocenters. The van der Waals surface area contributed by atoms with Gasteiger partial charge in [-0.05, 0) is 19.1 Å². The van der Waals surface area contributed by atoms with Crippen LogP contribution in [-0.2, 0) is 19.6 Å². The second-order valence-electron chi connectivity index (χ2n) is 3.89. The fourth-order valence-electron chi connectivity index (χ4n) is 1.65. The van der Waals surface area contributed by atoms with Crippen molar-refractivity contribution in [1.82, 2.24) is 25.4 Å². The molecule has 0 spiro atoms. The van der Waals surface area contributed by atoms with E-state index in [2.05, 4.69) is 32.7 Å². The number of hydrogen-bond donors (Lipinski definition) is 2. The molecule has 0 bridgehead atoms. The zero-order chi connectivity index (χ0) is 13.5. The standard InChI is InChI=1S/C12H18N6O/c1-3-18-9-16-17-11(18)8-15-12(13-2)14-7-10-5-4-6-19-10/h4-6,9H,3,7-8H2,1-2H3,(H2,13,14,15). The third kappa shape index (κ3) is 3.57. The van der Waals surface area contributed by atoms with E-state index in [4.69, 9.17) is 4.42 Å². The molecule has 2 heterocycles. The number of rotatable bonds is 5. The molecule has 2 aromatic rings. The third-order valence-corrected chi connectivity index (χ3v) is 2.68. The summed E-state index contributed by atoms with van der Waals surface area (Å²) in [7, 11) is 1.72. The number of nitrogens with zero attached hydrogens (tertiary/aromatic N) is 4. The number of nitrogens with one attached hydrogen (secondary N) is 2. The highest BCUT2D eigenvalue weighted by Crippen LogP contribution is 1.98. The van der Waals surface area contributed by atoms with E-state index in [1.165, 1.54) is 0 Å². The summed E-state index contributed by atoms with van der Waals surface area (Å²) in [4.78, 5) is 4.14. The molecule has 0 aromatic carbocycles. The summed E-state index contributed by atoms with van der Waals surface area (Å²) in [5.41, 5.74) is 0. The Labute approximate surface area is 111 Å². The molecular formula is C12H18N6O. The van der Waals surface area contributed by atoms with E-state index in [1.807, 2.05) is 16.7 Å². The van der Waals surface area contributed by atoms with Crippen LogP contribution in [0.25, 0.3) is 0 Å². The fourth-order valence-corrected chi connectivity index (χ4v) is 1.65. The Morgan fingerprint density at radius 1 is 1.42 bits per heavy atom. The van der Waals surface area contributed by atoms with E-state index in [9.17, 15) is 0 Å². The molecule has 7 heteroatoms. The van der Waals surface area contributed by atoms with Crippen molar-refractivity contribution in [1.29, 1.82) is 0 Å². The van der Waals surface area contributed by atoms with Crippen molar-refractivity contribution in [2.24, 2.45) is 4.99 Å². The van der Waals surface area contributed by atoms with Gasteiger partial charge in [-0.25, -0.2) is 0 Å². The lowest BCUT2D eigenvalue weighted by molar-refractivity contribution is 0.501. The summed E-state index contributed by atoms with van der Waals surface area (Å²) in [6.07, 6.45) is 3.37. The first-order chi connectivity index (χ1) is 9.33. The predicted octanol–water partition coefficient (Wildman–Crippen LogP) is 0.756. The topological polar surface area (TPSA) is 80.3 Å². The van der Waals surface area contributed by atoms with E-state index < -0.39 is 0 Å². The number of hydrogen-bond acceptors (Lipinski definition) is 4. The predicted molar refractivity (Wildman–Crippen MR) is 71.4 cm³/mol. The van der Waals surface area contributed by atoms with Crippen LogP contribution in [0.15, 0.2) is 34.1 Å². The SMILES string of the molecule is CCn1cnnc1CNC(=NC)NCc1ccco1. The maximum Gasteiger partial charge on any atom is 0.191 e. The molecule has 0 unspecified atom stereocenters. The van der Waals surface area contributed by atoms with Crippen molar-refractivity contribution in [2.75, 3.05) is 7.05 Å². The normalized spacial score (nSPS) is 11.6. The first-order valence-electron chi connectivity index (χ1n) is 6.17. The molecule has 0 saturated carbocycles. The van der Waals surface area contributed by atoms with E-state index in [0.717, 1.165) is 18.1 Å². The summed E-state index contributed by atoms with van der Waals surface area (Å²) < 4.78 is 7.22. The second-order valence-corrected chi connectivity index (χ2v) is 3.89. The first kappa shape index (κ1) is 13.1. The zero-order valence-electron chi connectivity index (χ0n) is 11.1. The van der Waals surface area contributed by atoms with Crippen LogP contribution in [0.2, 0.25) is 0 Å². The molecule has 2 N–H and O–H groups in total.